The van der Waals surface area contributed by atoms with Crippen LogP contribution in [0.1, 0.15) is 31.2 Å². The maximum atomic E-state index is 12.3. The number of ether oxygens (including phenoxy) is 1. The van der Waals surface area contributed by atoms with Crippen molar-refractivity contribution in [1.82, 2.24) is 15.6 Å². The maximum absolute atomic E-state index is 12.3. The molecular weight excluding hydrogens is 358 g/mol. The molecule has 7 heteroatoms. The van der Waals surface area contributed by atoms with E-state index >= 15 is 0 Å². The van der Waals surface area contributed by atoms with E-state index in [4.69, 9.17) is 9.15 Å². The summed E-state index contributed by atoms with van der Waals surface area (Å²) in [4.78, 5) is 16.2. The molecule has 28 heavy (non-hydrogen) atoms. The maximum Gasteiger partial charge on any atom is 0.306 e. The zero-order valence-electron chi connectivity index (χ0n) is 15.8. The largest absolute Gasteiger partial charge is 0.458 e. The van der Waals surface area contributed by atoms with Gasteiger partial charge in [-0.05, 0) is 37.8 Å². The number of nitrogens with one attached hydrogen (secondary N) is 2. The number of nitrogens with zero attached hydrogens (tertiary/aromatic N) is 1. The van der Waals surface area contributed by atoms with Crippen LogP contribution in [0.4, 0.5) is 0 Å². The van der Waals surface area contributed by atoms with Gasteiger partial charge in [0.25, 0.3) is 0 Å². The molecule has 0 radical (unpaired) electrons. The number of esters is 1. The van der Waals surface area contributed by atoms with E-state index < -0.39 is 12.2 Å². The van der Waals surface area contributed by atoms with Crippen molar-refractivity contribution in [2.45, 2.75) is 56.4 Å². The summed E-state index contributed by atoms with van der Waals surface area (Å²) in [7, 11) is 0. The molecule has 4 atom stereocenters. The Balaban J connectivity index is 1.32. The van der Waals surface area contributed by atoms with Gasteiger partial charge in [-0.1, -0.05) is 24.3 Å². The molecule has 0 saturated carbocycles. The number of carbonyl (C=O) groups excluding carboxylic acids is 1. The second kappa shape index (κ2) is 8.86. The molecule has 2 saturated heterocycles. The fourth-order valence-corrected chi connectivity index (χ4v) is 4.04. The van der Waals surface area contributed by atoms with E-state index in [0.29, 0.717) is 25.4 Å². The van der Waals surface area contributed by atoms with E-state index in [-0.39, 0.29) is 12.0 Å². The van der Waals surface area contributed by atoms with Crippen molar-refractivity contribution in [2.75, 3.05) is 13.1 Å². The number of carbonyl (C=O) groups is 1. The van der Waals surface area contributed by atoms with E-state index in [1.54, 1.807) is 6.20 Å². The highest BCUT2D eigenvalue weighted by atomic mass is 16.6. The monoisotopic (exact) mass is 385 g/mol. The first-order valence-electron chi connectivity index (χ1n) is 10.0. The quantitative estimate of drug-likeness (QED) is 0.624. The Kier molecular flexibility index (Phi) is 6.04. The van der Waals surface area contributed by atoms with Crippen molar-refractivity contribution in [3.63, 3.8) is 0 Å². The average Bonchev–Trinajstić information content (AvgIpc) is 3.46. The van der Waals surface area contributed by atoms with Gasteiger partial charge in [0.05, 0.1) is 12.2 Å². The average molecular weight is 385 g/mol. The molecule has 0 aliphatic carbocycles. The molecule has 3 N–H and O–H groups in total. The van der Waals surface area contributed by atoms with E-state index in [1.807, 2.05) is 24.3 Å². The van der Waals surface area contributed by atoms with Gasteiger partial charge in [-0.3, -0.25) is 4.79 Å². The summed E-state index contributed by atoms with van der Waals surface area (Å²) >= 11 is 0. The number of benzene rings is 1. The summed E-state index contributed by atoms with van der Waals surface area (Å²) in [6.07, 6.45) is 6.05. The molecule has 1 aromatic carbocycles. The highest BCUT2D eigenvalue weighted by molar-refractivity contribution is 5.69. The van der Waals surface area contributed by atoms with E-state index in [2.05, 4.69) is 15.6 Å². The Morgan fingerprint density at radius 1 is 1.29 bits per heavy atom. The van der Waals surface area contributed by atoms with E-state index in [0.717, 1.165) is 36.3 Å². The zero-order valence-corrected chi connectivity index (χ0v) is 15.8. The Hall–Kier alpha value is -2.22. The Morgan fingerprint density at radius 2 is 2.14 bits per heavy atom. The molecule has 150 valence electrons. The third-order valence-corrected chi connectivity index (χ3v) is 5.62. The predicted molar refractivity (Wildman–Crippen MR) is 104 cm³/mol. The standard InChI is InChI=1S/C21H27N3O4/c25-18-11-24-17(21(18)28-20(26)8-7-16-2-1-9-23-16)10-14-3-5-15(6-4-14)19-12-22-13-27-19/h3-6,12-13,16-18,21,23-25H,1-2,7-11H2/t16-,17+,18-,21-/m0/s1. The molecule has 2 aromatic rings. The molecule has 0 spiro atoms. The van der Waals surface area contributed by atoms with Gasteiger partial charge in [0.1, 0.15) is 12.2 Å². The third kappa shape index (κ3) is 4.60. The van der Waals surface area contributed by atoms with Gasteiger partial charge < -0.3 is 24.9 Å². The van der Waals surface area contributed by atoms with Crippen molar-refractivity contribution in [3.05, 3.63) is 42.4 Å². The number of hydrogen-bond donors (Lipinski definition) is 3. The number of rotatable bonds is 7. The molecule has 2 fully saturated rings. The number of aromatic nitrogens is 1. The summed E-state index contributed by atoms with van der Waals surface area (Å²) < 4.78 is 11.0. The zero-order chi connectivity index (χ0) is 19.3. The van der Waals surface area contributed by atoms with Crippen LogP contribution in [0, 0.1) is 0 Å². The summed E-state index contributed by atoms with van der Waals surface area (Å²) in [5.74, 6) is 0.497. The SMILES string of the molecule is O=C(CC[C@@H]1CCCN1)O[C@@H]1[C@@H](O)CN[C@@H]1Cc1ccc(-c2cnco2)cc1. The normalized spacial score (nSPS) is 27.2. The van der Waals surface area contributed by atoms with Crippen LogP contribution in [-0.2, 0) is 16.0 Å². The minimum atomic E-state index is -0.674. The predicted octanol–water partition coefficient (Wildman–Crippen LogP) is 1.66. The van der Waals surface area contributed by atoms with Crippen molar-refractivity contribution in [1.29, 1.82) is 0 Å². The fraction of sp³-hybridized carbons (Fsp3) is 0.524. The van der Waals surface area contributed by atoms with Crippen LogP contribution in [0.5, 0.6) is 0 Å². The van der Waals surface area contributed by atoms with Crippen molar-refractivity contribution in [3.8, 4) is 11.3 Å². The van der Waals surface area contributed by atoms with Crippen LogP contribution in [0.15, 0.2) is 41.3 Å². The topological polar surface area (TPSA) is 96.6 Å². The van der Waals surface area contributed by atoms with Crippen molar-refractivity contribution >= 4 is 5.97 Å². The van der Waals surface area contributed by atoms with E-state index in [1.165, 1.54) is 12.8 Å². The van der Waals surface area contributed by atoms with E-state index in [9.17, 15) is 9.90 Å². The highest BCUT2D eigenvalue weighted by Crippen LogP contribution is 2.22. The van der Waals surface area contributed by atoms with Gasteiger partial charge in [0.2, 0.25) is 0 Å². The first-order chi connectivity index (χ1) is 13.7. The Bertz CT molecular complexity index is 756. The smallest absolute Gasteiger partial charge is 0.306 e. The van der Waals surface area contributed by atoms with Gasteiger partial charge in [0.15, 0.2) is 12.2 Å². The molecule has 2 aliphatic rings. The van der Waals surface area contributed by atoms with Gasteiger partial charge in [-0.15, -0.1) is 0 Å². The van der Waals surface area contributed by atoms with Crippen LogP contribution >= 0.6 is 0 Å². The summed E-state index contributed by atoms with van der Waals surface area (Å²) in [5.41, 5.74) is 2.07. The minimum Gasteiger partial charge on any atom is -0.458 e. The molecule has 3 heterocycles. The van der Waals surface area contributed by atoms with Crippen molar-refractivity contribution < 1.29 is 19.1 Å². The fourth-order valence-electron chi connectivity index (χ4n) is 4.04. The van der Waals surface area contributed by atoms with Crippen LogP contribution in [0.3, 0.4) is 0 Å². The second-order valence-electron chi connectivity index (χ2n) is 7.64. The lowest BCUT2D eigenvalue weighted by Gasteiger charge is -2.22. The molecular formula is C21H27N3O4. The molecule has 1 aromatic heterocycles. The lowest BCUT2D eigenvalue weighted by Crippen LogP contribution is -2.39. The van der Waals surface area contributed by atoms with Gasteiger partial charge in [0, 0.05) is 24.6 Å². The second-order valence-corrected chi connectivity index (χ2v) is 7.64. The Morgan fingerprint density at radius 3 is 2.86 bits per heavy atom. The van der Waals surface area contributed by atoms with Crippen LogP contribution in [0.25, 0.3) is 11.3 Å². The highest BCUT2D eigenvalue weighted by Gasteiger charge is 2.37. The summed E-state index contributed by atoms with van der Waals surface area (Å²) in [5, 5.41) is 16.9. The number of aliphatic hydroxyl groups is 1. The van der Waals surface area contributed by atoms with Crippen molar-refractivity contribution in [2.24, 2.45) is 0 Å². The molecule has 2 aliphatic heterocycles. The number of hydrogen-bond acceptors (Lipinski definition) is 7. The first kappa shape index (κ1) is 19.1. The molecule has 0 bridgehead atoms. The lowest BCUT2D eigenvalue weighted by atomic mass is 10.00. The third-order valence-electron chi connectivity index (χ3n) is 5.62. The first-order valence-corrected chi connectivity index (χ1v) is 10.0. The van der Waals surface area contributed by atoms with Gasteiger partial charge >= 0.3 is 5.97 Å². The van der Waals surface area contributed by atoms with Crippen LogP contribution in [0.2, 0.25) is 0 Å². The van der Waals surface area contributed by atoms with Gasteiger partial charge in [-0.2, -0.15) is 0 Å². The van der Waals surface area contributed by atoms with Crippen LogP contribution < -0.4 is 10.6 Å². The molecule has 7 nitrogen and oxygen atoms in total. The lowest BCUT2D eigenvalue weighted by molar-refractivity contribution is -0.154. The molecule has 4 rings (SSSR count). The number of aliphatic hydroxyl groups excluding tert-OH is 1. The summed E-state index contributed by atoms with van der Waals surface area (Å²) in [6.45, 7) is 1.46. The molecule has 0 unspecified atom stereocenters. The summed E-state index contributed by atoms with van der Waals surface area (Å²) in [6, 6.07) is 8.33. The van der Waals surface area contributed by atoms with Gasteiger partial charge in [-0.25, -0.2) is 4.98 Å². The number of β-amino-alcohol motifs (C(OH)–C–C–N with tert-alkyl or cyclic N) is 1. The Labute approximate surface area is 164 Å². The molecule has 0 amide bonds. The minimum absolute atomic E-state index is 0.0975. The van der Waals surface area contributed by atoms with Crippen LogP contribution in [-0.4, -0.2) is 53.4 Å². The number of oxazole rings is 1.